The van der Waals surface area contributed by atoms with Crippen molar-refractivity contribution in [1.29, 1.82) is 0 Å². The van der Waals surface area contributed by atoms with Crippen LogP contribution in [-0.2, 0) is 12.8 Å². The van der Waals surface area contributed by atoms with Gasteiger partial charge in [-0.05, 0) is 13.3 Å². The Balaban J connectivity index is 2.67. The maximum atomic E-state index is 5.92. The van der Waals surface area contributed by atoms with E-state index in [-0.39, 0.29) is 0 Å². The van der Waals surface area contributed by atoms with Crippen molar-refractivity contribution < 1.29 is 0 Å². The Morgan fingerprint density at radius 1 is 1.57 bits per heavy atom. The number of aromatic nitrogens is 2. The normalized spacial score (nSPS) is 13.1. The number of aryl methyl sites for hydroxylation is 2. The molecule has 0 bridgehead atoms. The fraction of sp³-hybridized carbons (Fsp3) is 0.700. The maximum absolute atomic E-state index is 5.92. The van der Waals surface area contributed by atoms with E-state index in [1.165, 1.54) is 12.0 Å². The van der Waals surface area contributed by atoms with E-state index in [1.807, 2.05) is 25.7 Å². The van der Waals surface area contributed by atoms with Crippen molar-refractivity contribution in [3.63, 3.8) is 0 Å². The first-order valence-electron chi connectivity index (χ1n) is 4.95. The van der Waals surface area contributed by atoms with E-state index in [4.69, 9.17) is 5.73 Å². The van der Waals surface area contributed by atoms with Crippen LogP contribution in [0.1, 0.15) is 31.5 Å². The van der Waals surface area contributed by atoms with Crippen molar-refractivity contribution in [3.8, 4) is 0 Å². The van der Waals surface area contributed by atoms with Gasteiger partial charge in [0.15, 0.2) is 0 Å². The van der Waals surface area contributed by atoms with Gasteiger partial charge in [0.1, 0.15) is 5.82 Å². The highest BCUT2D eigenvalue weighted by Gasteiger charge is 2.11. The Morgan fingerprint density at radius 2 is 2.21 bits per heavy atom. The van der Waals surface area contributed by atoms with Gasteiger partial charge < -0.3 is 5.73 Å². The Labute approximate surface area is 90.1 Å². The summed E-state index contributed by atoms with van der Waals surface area (Å²) in [4.78, 5) is 0. The number of anilines is 1. The van der Waals surface area contributed by atoms with Crippen LogP contribution in [0.2, 0.25) is 0 Å². The number of hydrogen-bond donors (Lipinski definition) is 1. The lowest BCUT2D eigenvalue weighted by atomic mass is 10.3. The van der Waals surface area contributed by atoms with Crippen LogP contribution in [0, 0.1) is 6.92 Å². The van der Waals surface area contributed by atoms with Crippen LogP contribution in [-0.4, -0.2) is 15.0 Å². The number of nitrogens with zero attached hydrogens (tertiary/aromatic N) is 2. The highest BCUT2D eigenvalue weighted by Crippen LogP contribution is 2.25. The molecule has 0 aliphatic carbocycles. The van der Waals surface area contributed by atoms with Crippen LogP contribution in [0.4, 0.5) is 5.82 Å². The molecule has 1 rings (SSSR count). The van der Waals surface area contributed by atoms with Crippen molar-refractivity contribution in [1.82, 2.24) is 9.78 Å². The van der Waals surface area contributed by atoms with E-state index in [0.29, 0.717) is 5.25 Å². The summed E-state index contributed by atoms with van der Waals surface area (Å²) >= 11 is 1.94. The molecule has 4 heteroatoms. The first-order chi connectivity index (χ1) is 6.56. The zero-order valence-corrected chi connectivity index (χ0v) is 10.2. The molecule has 0 aromatic carbocycles. The molecular weight excluding hydrogens is 194 g/mol. The highest BCUT2D eigenvalue weighted by molar-refractivity contribution is 7.99. The smallest absolute Gasteiger partial charge is 0.125 e. The molecule has 1 aromatic heterocycles. The molecule has 14 heavy (non-hydrogen) atoms. The van der Waals surface area contributed by atoms with E-state index in [9.17, 15) is 0 Å². The van der Waals surface area contributed by atoms with E-state index < -0.39 is 0 Å². The van der Waals surface area contributed by atoms with Gasteiger partial charge in [-0.25, -0.2) is 0 Å². The minimum Gasteiger partial charge on any atom is -0.384 e. The van der Waals surface area contributed by atoms with Crippen LogP contribution >= 0.6 is 11.8 Å². The van der Waals surface area contributed by atoms with Crippen molar-refractivity contribution in [2.75, 3.05) is 5.73 Å². The topological polar surface area (TPSA) is 43.8 Å². The lowest BCUT2D eigenvalue weighted by molar-refractivity contribution is 0.767. The quantitative estimate of drug-likeness (QED) is 0.835. The number of nitrogen functional groups attached to an aromatic ring is 1. The van der Waals surface area contributed by atoms with Crippen molar-refractivity contribution >= 4 is 17.6 Å². The second-order valence-electron chi connectivity index (χ2n) is 3.60. The molecule has 0 saturated heterocycles. The molecule has 1 unspecified atom stereocenters. The summed E-state index contributed by atoms with van der Waals surface area (Å²) in [6.07, 6.45) is 1.20. The lowest BCUT2D eigenvalue weighted by Gasteiger charge is -2.07. The zero-order valence-electron chi connectivity index (χ0n) is 9.37. The third kappa shape index (κ3) is 2.44. The fourth-order valence-corrected chi connectivity index (χ4v) is 2.29. The molecule has 1 aromatic rings. The highest BCUT2D eigenvalue weighted by atomic mass is 32.2. The molecule has 0 aliphatic rings. The van der Waals surface area contributed by atoms with Crippen LogP contribution < -0.4 is 5.73 Å². The Morgan fingerprint density at radius 3 is 2.64 bits per heavy atom. The Hall–Kier alpha value is -0.640. The summed E-state index contributed by atoms with van der Waals surface area (Å²) in [6, 6.07) is 0. The molecular formula is C10H19N3S. The van der Waals surface area contributed by atoms with Gasteiger partial charge in [0, 0.05) is 23.6 Å². The summed E-state index contributed by atoms with van der Waals surface area (Å²) in [5.41, 5.74) is 8.17. The molecule has 3 nitrogen and oxygen atoms in total. The predicted molar refractivity (Wildman–Crippen MR) is 63.4 cm³/mol. The minimum atomic E-state index is 0.689. The second kappa shape index (κ2) is 4.73. The van der Waals surface area contributed by atoms with E-state index in [2.05, 4.69) is 18.9 Å². The molecule has 0 spiro atoms. The number of nitrogens with two attached hydrogens (primary N) is 1. The monoisotopic (exact) mass is 213 g/mol. The van der Waals surface area contributed by atoms with Crippen LogP contribution in [0.5, 0.6) is 0 Å². The maximum Gasteiger partial charge on any atom is 0.125 e. The first-order valence-corrected chi connectivity index (χ1v) is 6.00. The van der Waals surface area contributed by atoms with E-state index in [0.717, 1.165) is 17.3 Å². The molecule has 0 saturated carbocycles. The first kappa shape index (κ1) is 11.4. The van der Waals surface area contributed by atoms with Crippen molar-refractivity contribution in [2.45, 2.75) is 38.2 Å². The molecule has 2 N–H and O–H groups in total. The summed E-state index contributed by atoms with van der Waals surface area (Å²) in [7, 11) is 1.89. The van der Waals surface area contributed by atoms with Crippen LogP contribution in [0.25, 0.3) is 0 Å². The molecule has 1 heterocycles. The number of thioether (sulfide) groups is 1. The van der Waals surface area contributed by atoms with Gasteiger partial charge in [0.25, 0.3) is 0 Å². The Kier molecular flexibility index (Phi) is 3.86. The molecule has 1 atom stereocenters. The average molecular weight is 213 g/mol. The van der Waals surface area contributed by atoms with E-state index in [1.54, 1.807) is 4.68 Å². The number of rotatable bonds is 4. The average Bonchev–Trinajstić information content (AvgIpc) is 2.39. The van der Waals surface area contributed by atoms with Crippen LogP contribution in [0.3, 0.4) is 0 Å². The molecule has 0 radical (unpaired) electrons. The summed E-state index contributed by atoms with van der Waals surface area (Å²) in [5.74, 6) is 1.78. The van der Waals surface area contributed by atoms with Gasteiger partial charge in [-0.15, -0.1) is 0 Å². The molecule has 0 amide bonds. The van der Waals surface area contributed by atoms with Crippen LogP contribution in [0.15, 0.2) is 0 Å². The van der Waals surface area contributed by atoms with Gasteiger partial charge >= 0.3 is 0 Å². The molecule has 0 fully saturated rings. The molecule has 80 valence electrons. The second-order valence-corrected chi connectivity index (χ2v) is 5.03. The van der Waals surface area contributed by atoms with Gasteiger partial charge in [-0.1, -0.05) is 13.8 Å². The van der Waals surface area contributed by atoms with Crippen molar-refractivity contribution in [2.24, 2.45) is 7.05 Å². The third-order valence-corrected chi connectivity index (χ3v) is 3.84. The summed E-state index contributed by atoms with van der Waals surface area (Å²) in [6.45, 7) is 6.46. The summed E-state index contributed by atoms with van der Waals surface area (Å²) < 4.78 is 1.75. The van der Waals surface area contributed by atoms with E-state index >= 15 is 0 Å². The van der Waals surface area contributed by atoms with Gasteiger partial charge in [0.2, 0.25) is 0 Å². The van der Waals surface area contributed by atoms with Gasteiger partial charge in [0.05, 0.1) is 5.69 Å². The standard InChI is InChI=1S/C10H19N3S/c1-5-7(2)14-6-9-8(3)12-13(4)10(9)11/h7H,5-6,11H2,1-4H3. The molecule has 0 aliphatic heterocycles. The zero-order chi connectivity index (χ0) is 10.7. The predicted octanol–water partition coefficient (Wildman–Crippen LogP) is 2.34. The minimum absolute atomic E-state index is 0.689. The lowest BCUT2D eigenvalue weighted by Crippen LogP contribution is -2.00. The Bertz CT molecular complexity index is 307. The SMILES string of the molecule is CCC(C)SCc1c(C)nn(C)c1N. The largest absolute Gasteiger partial charge is 0.384 e. The third-order valence-electron chi connectivity index (χ3n) is 2.48. The fourth-order valence-electron chi connectivity index (χ4n) is 1.24. The number of hydrogen-bond acceptors (Lipinski definition) is 3. The van der Waals surface area contributed by atoms with Gasteiger partial charge in [-0.3, -0.25) is 4.68 Å². The van der Waals surface area contributed by atoms with Gasteiger partial charge in [-0.2, -0.15) is 16.9 Å². The summed E-state index contributed by atoms with van der Waals surface area (Å²) in [5, 5.41) is 4.98. The van der Waals surface area contributed by atoms with Crippen molar-refractivity contribution in [3.05, 3.63) is 11.3 Å².